The molecule has 130 valence electrons. The minimum absolute atomic E-state index is 0.0505. The number of carbonyl (C=O) groups excluding carboxylic acids is 1. The molecule has 0 spiro atoms. The molecule has 0 saturated carbocycles. The number of benzene rings is 1. The van der Waals surface area contributed by atoms with E-state index in [-0.39, 0.29) is 12.0 Å². The Morgan fingerprint density at radius 1 is 1.38 bits per heavy atom. The number of likely N-dealkylation sites (tertiary alicyclic amines) is 1. The molecule has 0 aromatic heterocycles. The van der Waals surface area contributed by atoms with Gasteiger partial charge in [0.15, 0.2) is 0 Å². The molecule has 0 radical (unpaired) electrons. The Morgan fingerprint density at radius 3 is 2.79 bits per heavy atom. The number of hydrogen-bond acceptors (Lipinski definition) is 4. The molecule has 3 rings (SSSR count). The summed E-state index contributed by atoms with van der Waals surface area (Å²) in [6.45, 7) is 9.26. The number of ether oxygens (including phenoxy) is 1. The summed E-state index contributed by atoms with van der Waals surface area (Å²) in [5.41, 5.74) is 4.23. The van der Waals surface area contributed by atoms with Crippen LogP contribution in [0.1, 0.15) is 55.4 Å². The van der Waals surface area contributed by atoms with Crippen LogP contribution in [0, 0.1) is 6.92 Å². The predicted octanol–water partition coefficient (Wildman–Crippen LogP) is 3.01. The van der Waals surface area contributed by atoms with Gasteiger partial charge in [0.05, 0.1) is 19.2 Å². The van der Waals surface area contributed by atoms with Gasteiger partial charge in [0.1, 0.15) is 5.60 Å². The highest BCUT2D eigenvalue weighted by molar-refractivity contribution is 5.85. The number of carbonyl (C=O) groups is 1. The van der Waals surface area contributed by atoms with E-state index in [1.165, 1.54) is 22.3 Å². The fraction of sp³-hybridized carbons (Fsp3) is 0.579. The highest BCUT2D eigenvalue weighted by atomic mass is 16.6. The Kier molecular flexibility index (Phi) is 4.38. The number of nitrogens with zero attached hydrogens (tertiary/aromatic N) is 2. The summed E-state index contributed by atoms with van der Waals surface area (Å²) >= 11 is 0. The van der Waals surface area contributed by atoms with Gasteiger partial charge in [-0.25, -0.2) is 4.79 Å². The summed E-state index contributed by atoms with van der Waals surface area (Å²) < 4.78 is 5.41. The van der Waals surface area contributed by atoms with E-state index in [9.17, 15) is 9.90 Å². The van der Waals surface area contributed by atoms with E-state index in [0.29, 0.717) is 13.1 Å². The van der Waals surface area contributed by atoms with Gasteiger partial charge in [-0.15, -0.1) is 0 Å². The molecule has 0 bridgehead atoms. The van der Waals surface area contributed by atoms with Crippen molar-refractivity contribution in [3.05, 3.63) is 34.4 Å². The Morgan fingerprint density at radius 2 is 2.12 bits per heavy atom. The average Bonchev–Trinajstić information content (AvgIpc) is 2.91. The number of aryl methyl sites for hydroxylation is 1. The van der Waals surface area contributed by atoms with Crippen LogP contribution in [0.3, 0.4) is 0 Å². The van der Waals surface area contributed by atoms with E-state index < -0.39 is 11.7 Å². The highest BCUT2D eigenvalue weighted by Gasteiger charge is 2.34. The molecule has 5 heteroatoms. The Hall–Kier alpha value is -1.88. The van der Waals surface area contributed by atoms with Crippen LogP contribution < -0.4 is 0 Å². The first-order chi connectivity index (χ1) is 11.2. The van der Waals surface area contributed by atoms with Gasteiger partial charge >= 0.3 is 6.09 Å². The van der Waals surface area contributed by atoms with Gasteiger partial charge in [-0.05, 0) is 62.4 Å². The fourth-order valence-corrected chi connectivity index (χ4v) is 3.48. The maximum absolute atomic E-state index is 12.2. The van der Waals surface area contributed by atoms with E-state index in [2.05, 4.69) is 24.0 Å². The lowest BCUT2D eigenvalue weighted by molar-refractivity contribution is -0.00157. The van der Waals surface area contributed by atoms with Crippen LogP contribution in [0.15, 0.2) is 17.1 Å². The Balaban J connectivity index is 1.72. The third-order valence-corrected chi connectivity index (χ3v) is 4.65. The van der Waals surface area contributed by atoms with Crippen molar-refractivity contribution in [2.75, 3.05) is 13.1 Å². The molecule has 2 unspecified atom stereocenters. The van der Waals surface area contributed by atoms with Crippen molar-refractivity contribution in [3.8, 4) is 0 Å². The zero-order valence-electron chi connectivity index (χ0n) is 14.9. The van der Waals surface area contributed by atoms with E-state index in [0.717, 1.165) is 13.0 Å². The molecular formula is C19H26N2O3. The first-order valence-electron chi connectivity index (χ1n) is 8.54. The predicted molar refractivity (Wildman–Crippen MR) is 93.6 cm³/mol. The molecule has 1 saturated heterocycles. The van der Waals surface area contributed by atoms with Crippen LogP contribution in [-0.4, -0.2) is 47.1 Å². The van der Waals surface area contributed by atoms with E-state index >= 15 is 0 Å². The summed E-state index contributed by atoms with van der Waals surface area (Å²) in [5.74, 6) is 0.0505. The largest absolute Gasteiger partial charge is 0.444 e. The Bertz CT molecular complexity index is 676. The molecule has 24 heavy (non-hydrogen) atoms. The minimum Gasteiger partial charge on any atom is -0.444 e. The number of rotatable bonds is 1. The van der Waals surface area contributed by atoms with Crippen LogP contribution in [-0.2, 0) is 11.3 Å². The van der Waals surface area contributed by atoms with Crippen molar-refractivity contribution in [2.45, 2.75) is 58.3 Å². The average molecular weight is 330 g/mol. The molecular weight excluding hydrogens is 304 g/mol. The molecule has 1 fully saturated rings. The zero-order valence-corrected chi connectivity index (χ0v) is 14.9. The second kappa shape index (κ2) is 6.20. The summed E-state index contributed by atoms with van der Waals surface area (Å²) in [5, 5.41) is 10.6. The normalized spacial score (nSPS) is 23.3. The molecule has 2 atom stereocenters. The lowest BCUT2D eigenvalue weighted by atomic mass is 9.83. The molecule has 2 heterocycles. The van der Waals surface area contributed by atoms with Crippen molar-refractivity contribution < 1.29 is 14.6 Å². The first-order valence-corrected chi connectivity index (χ1v) is 8.54. The van der Waals surface area contributed by atoms with Gasteiger partial charge in [-0.3, -0.25) is 4.99 Å². The number of aliphatic imine (C=N–C) groups is 1. The highest BCUT2D eigenvalue weighted by Crippen LogP contribution is 2.33. The van der Waals surface area contributed by atoms with Crippen LogP contribution in [0.25, 0.3) is 0 Å². The standard InChI is InChI=1S/C19H26N2O3/c1-12-7-13-9-20-10-14(13)8-16(12)15-5-6-21(11-17(15)22)18(23)24-19(2,3)4/h7-9,15,17,22H,5-6,10-11H2,1-4H3. The number of amides is 1. The van der Waals surface area contributed by atoms with E-state index in [1.807, 2.05) is 27.0 Å². The van der Waals surface area contributed by atoms with Gasteiger partial charge < -0.3 is 14.7 Å². The number of β-amino-alcohol motifs (C(OH)–C–C–N with tert-alkyl or cyclic N) is 1. The minimum atomic E-state index is -0.578. The zero-order chi connectivity index (χ0) is 17.5. The van der Waals surface area contributed by atoms with Crippen LogP contribution in [0.4, 0.5) is 4.79 Å². The van der Waals surface area contributed by atoms with Crippen molar-refractivity contribution >= 4 is 12.3 Å². The quantitative estimate of drug-likeness (QED) is 0.861. The number of fused-ring (bicyclic) bond motifs is 1. The molecule has 0 aliphatic carbocycles. The second-order valence-corrected chi connectivity index (χ2v) is 7.77. The van der Waals surface area contributed by atoms with Gasteiger partial charge in [0.25, 0.3) is 0 Å². The monoisotopic (exact) mass is 330 g/mol. The molecule has 2 aliphatic heterocycles. The van der Waals surface area contributed by atoms with Gasteiger partial charge in [0.2, 0.25) is 0 Å². The van der Waals surface area contributed by atoms with Crippen LogP contribution in [0.5, 0.6) is 0 Å². The third kappa shape index (κ3) is 3.46. The number of hydrogen-bond donors (Lipinski definition) is 1. The number of aliphatic hydroxyl groups is 1. The van der Waals surface area contributed by atoms with Crippen molar-refractivity contribution in [1.29, 1.82) is 0 Å². The first kappa shape index (κ1) is 17.0. The van der Waals surface area contributed by atoms with Gasteiger partial charge in [-0.1, -0.05) is 6.07 Å². The van der Waals surface area contributed by atoms with Crippen LogP contribution >= 0.6 is 0 Å². The second-order valence-electron chi connectivity index (χ2n) is 7.77. The maximum Gasteiger partial charge on any atom is 0.410 e. The van der Waals surface area contributed by atoms with E-state index in [1.54, 1.807) is 4.90 Å². The summed E-state index contributed by atoms with van der Waals surface area (Å²) in [6, 6.07) is 4.32. The summed E-state index contributed by atoms with van der Waals surface area (Å²) in [7, 11) is 0. The lowest BCUT2D eigenvalue weighted by Gasteiger charge is -2.37. The number of piperidine rings is 1. The molecule has 1 amide bonds. The van der Waals surface area contributed by atoms with Crippen molar-refractivity contribution in [3.63, 3.8) is 0 Å². The maximum atomic E-state index is 12.2. The van der Waals surface area contributed by atoms with Crippen molar-refractivity contribution in [1.82, 2.24) is 4.90 Å². The number of aliphatic hydroxyl groups excluding tert-OH is 1. The topological polar surface area (TPSA) is 62.1 Å². The molecule has 5 nitrogen and oxygen atoms in total. The molecule has 2 aliphatic rings. The third-order valence-electron chi connectivity index (χ3n) is 4.65. The smallest absolute Gasteiger partial charge is 0.410 e. The SMILES string of the molecule is Cc1cc2c(cc1C1CCN(C(=O)OC(C)(C)C)CC1O)CN=C2. The Labute approximate surface area is 143 Å². The van der Waals surface area contributed by atoms with Crippen molar-refractivity contribution in [2.24, 2.45) is 4.99 Å². The molecule has 1 N–H and O–H groups in total. The lowest BCUT2D eigenvalue weighted by Crippen LogP contribution is -2.47. The molecule has 1 aromatic carbocycles. The molecule has 1 aromatic rings. The van der Waals surface area contributed by atoms with Gasteiger partial charge in [0, 0.05) is 18.7 Å². The van der Waals surface area contributed by atoms with E-state index in [4.69, 9.17) is 4.74 Å². The van der Waals surface area contributed by atoms with Crippen LogP contribution in [0.2, 0.25) is 0 Å². The summed E-state index contributed by atoms with van der Waals surface area (Å²) in [6.07, 6.45) is 1.72. The fourth-order valence-electron chi connectivity index (χ4n) is 3.48. The van der Waals surface area contributed by atoms with Gasteiger partial charge in [-0.2, -0.15) is 0 Å². The summed E-state index contributed by atoms with van der Waals surface area (Å²) in [4.78, 5) is 18.1.